The number of carbonyl (C=O) groups excluding carboxylic acids is 2. The fraction of sp³-hybridized carbons (Fsp3) is 0.500. The minimum absolute atomic E-state index is 0.110. The zero-order valence-corrected chi connectivity index (χ0v) is 12.6. The predicted molar refractivity (Wildman–Crippen MR) is 76.3 cm³/mol. The minimum atomic E-state index is -0.483. The van der Waals surface area contributed by atoms with Crippen molar-refractivity contribution in [1.82, 2.24) is 4.90 Å². The Bertz CT molecular complexity index is 548. The summed E-state index contributed by atoms with van der Waals surface area (Å²) in [6, 6.07) is 2.37. The molecular formula is C16H20FNO3. The Labute approximate surface area is 123 Å². The van der Waals surface area contributed by atoms with Gasteiger partial charge in [-0.2, -0.15) is 0 Å². The number of ether oxygens (including phenoxy) is 1. The molecule has 21 heavy (non-hydrogen) atoms. The van der Waals surface area contributed by atoms with Gasteiger partial charge in [-0.15, -0.1) is 0 Å². The van der Waals surface area contributed by atoms with Crippen molar-refractivity contribution < 1.29 is 18.7 Å². The van der Waals surface area contributed by atoms with E-state index in [1.165, 1.54) is 19.2 Å². The van der Waals surface area contributed by atoms with Crippen molar-refractivity contribution in [3.63, 3.8) is 0 Å². The lowest BCUT2D eigenvalue weighted by molar-refractivity contribution is -0.150. The number of benzene rings is 1. The Balaban J connectivity index is 2.17. The van der Waals surface area contributed by atoms with Crippen LogP contribution in [0.15, 0.2) is 12.1 Å². The topological polar surface area (TPSA) is 46.6 Å². The first-order chi connectivity index (χ1) is 9.93. The molecule has 2 rings (SSSR count). The molecule has 1 aliphatic heterocycles. The Kier molecular flexibility index (Phi) is 4.60. The van der Waals surface area contributed by atoms with Crippen molar-refractivity contribution in [2.45, 2.75) is 39.2 Å². The lowest BCUT2D eigenvalue weighted by Gasteiger charge is -2.23. The number of hydrogen-bond acceptors (Lipinski definition) is 3. The summed E-state index contributed by atoms with van der Waals surface area (Å²) in [6.07, 6.45) is 1.62. The number of rotatable bonds is 3. The van der Waals surface area contributed by atoms with Crippen LogP contribution < -0.4 is 0 Å². The number of esters is 1. The highest BCUT2D eigenvalue weighted by Gasteiger charge is 2.34. The number of hydrogen-bond donors (Lipinski definition) is 0. The van der Waals surface area contributed by atoms with Gasteiger partial charge in [0.25, 0.3) is 0 Å². The van der Waals surface area contributed by atoms with E-state index in [1.807, 2.05) is 0 Å². The van der Waals surface area contributed by atoms with Gasteiger partial charge in [0, 0.05) is 6.54 Å². The monoisotopic (exact) mass is 293 g/mol. The maximum atomic E-state index is 13.3. The third-order valence-corrected chi connectivity index (χ3v) is 4.04. The van der Waals surface area contributed by atoms with Gasteiger partial charge in [0.05, 0.1) is 13.5 Å². The van der Waals surface area contributed by atoms with E-state index in [4.69, 9.17) is 4.74 Å². The third-order valence-electron chi connectivity index (χ3n) is 4.04. The summed E-state index contributed by atoms with van der Waals surface area (Å²) in [5.41, 5.74) is 2.35. The van der Waals surface area contributed by atoms with Gasteiger partial charge >= 0.3 is 5.97 Å². The molecule has 1 aliphatic rings. The van der Waals surface area contributed by atoms with Gasteiger partial charge in [-0.25, -0.2) is 9.18 Å². The number of aryl methyl sites for hydroxylation is 2. The average Bonchev–Trinajstić information content (AvgIpc) is 2.91. The van der Waals surface area contributed by atoms with Crippen LogP contribution in [-0.2, 0) is 20.7 Å². The van der Waals surface area contributed by atoms with Crippen molar-refractivity contribution in [2.24, 2.45) is 0 Å². The zero-order chi connectivity index (χ0) is 15.6. The summed E-state index contributed by atoms with van der Waals surface area (Å²) in [5, 5.41) is 0. The fourth-order valence-corrected chi connectivity index (χ4v) is 2.92. The predicted octanol–water partition coefficient (Wildman–Crippen LogP) is 2.15. The first kappa shape index (κ1) is 15.5. The maximum absolute atomic E-state index is 13.3. The summed E-state index contributed by atoms with van der Waals surface area (Å²) in [7, 11) is 1.33. The molecule has 0 radical (unpaired) electrons. The highest BCUT2D eigenvalue weighted by atomic mass is 19.1. The second-order valence-corrected chi connectivity index (χ2v) is 5.46. The lowest BCUT2D eigenvalue weighted by Crippen LogP contribution is -2.42. The molecule has 0 saturated carbocycles. The Morgan fingerprint density at radius 2 is 1.95 bits per heavy atom. The van der Waals surface area contributed by atoms with Crippen molar-refractivity contribution in [3.05, 3.63) is 34.6 Å². The molecule has 0 aliphatic carbocycles. The van der Waals surface area contributed by atoms with E-state index in [0.717, 1.165) is 23.1 Å². The second-order valence-electron chi connectivity index (χ2n) is 5.46. The van der Waals surface area contributed by atoms with Crippen LogP contribution in [-0.4, -0.2) is 36.5 Å². The summed E-state index contributed by atoms with van der Waals surface area (Å²) in [6.45, 7) is 4.15. The van der Waals surface area contributed by atoms with E-state index in [1.54, 1.807) is 18.7 Å². The molecule has 0 N–H and O–H groups in total. The van der Waals surface area contributed by atoms with Crippen LogP contribution in [0.3, 0.4) is 0 Å². The van der Waals surface area contributed by atoms with Crippen molar-refractivity contribution >= 4 is 11.9 Å². The highest BCUT2D eigenvalue weighted by molar-refractivity contribution is 5.86. The number of likely N-dealkylation sites (tertiary alicyclic amines) is 1. The van der Waals surface area contributed by atoms with Gasteiger partial charge in [-0.3, -0.25) is 4.79 Å². The quantitative estimate of drug-likeness (QED) is 0.802. The molecule has 1 saturated heterocycles. The number of amides is 1. The van der Waals surface area contributed by atoms with E-state index in [2.05, 4.69) is 0 Å². The van der Waals surface area contributed by atoms with Crippen LogP contribution in [0, 0.1) is 19.7 Å². The van der Waals surface area contributed by atoms with Crippen LogP contribution in [0.5, 0.6) is 0 Å². The van der Waals surface area contributed by atoms with Gasteiger partial charge in [0.2, 0.25) is 5.91 Å². The molecule has 4 nitrogen and oxygen atoms in total. The SMILES string of the molecule is COC(=O)C1CCCN1C(=O)Cc1c(C)cc(F)cc1C. The largest absolute Gasteiger partial charge is 0.467 e. The summed E-state index contributed by atoms with van der Waals surface area (Å²) < 4.78 is 18.0. The Morgan fingerprint density at radius 1 is 1.33 bits per heavy atom. The van der Waals surface area contributed by atoms with Crippen LogP contribution >= 0.6 is 0 Å². The molecule has 1 heterocycles. The molecular weight excluding hydrogens is 273 g/mol. The van der Waals surface area contributed by atoms with Crippen molar-refractivity contribution in [3.8, 4) is 0 Å². The standard InChI is InChI=1S/C16H20FNO3/c1-10-7-12(17)8-11(2)13(10)9-15(19)18-6-4-5-14(18)16(20)21-3/h7-8,14H,4-6,9H2,1-3H3. The van der Waals surface area contributed by atoms with E-state index >= 15 is 0 Å². The van der Waals surface area contributed by atoms with E-state index in [-0.39, 0.29) is 24.1 Å². The molecule has 114 valence electrons. The summed E-state index contributed by atoms with van der Waals surface area (Å²) in [5.74, 6) is -0.774. The second kappa shape index (κ2) is 6.24. The van der Waals surface area contributed by atoms with Crippen LogP contribution in [0.25, 0.3) is 0 Å². The minimum Gasteiger partial charge on any atom is -0.467 e. The number of nitrogens with zero attached hydrogens (tertiary/aromatic N) is 1. The van der Waals surface area contributed by atoms with Crippen LogP contribution in [0.2, 0.25) is 0 Å². The van der Waals surface area contributed by atoms with Crippen LogP contribution in [0.4, 0.5) is 4.39 Å². The normalized spacial score (nSPS) is 17.9. The molecule has 0 bridgehead atoms. The Morgan fingerprint density at radius 3 is 2.52 bits per heavy atom. The van der Waals surface area contributed by atoms with Gasteiger partial charge in [0.1, 0.15) is 11.9 Å². The van der Waals surface area contributed by atoms with Gasteiger partial charge in [0.15, 0.2) is 0 Å². The van der Waals surface area contributed by atoms with E-state index in [0.29, 0.717) is 13.0 Å². The summed E-state index contributed by atoms with van der Waals surface area (Å²) in [4.78, 5) is 25.7. The van der Waals surface area contributed by atoms with E-state index < -0.39 is 6.04 Å². The molecule has 1 fully saturated rings. The first-order valence-electron chi connectivity index (χ1n) is 7.07. The lowest BCUT2D eigenvalue weighted by atomic mass is 9.99. The van der Waals surface area contributed by atoms with Crippen molar-refractivity contribution in [2.75, 3.05) is 13.7 Å². The van der Waals surface area contributed by atoms with Gasteiger partial charge < -0.3 is 9.64 Å². The van der Waals surface area contributed by atoms with Gasteiger partial charge in [-0.1, -0.05) is 0 Å². The number of halogens is 1. The molecule has 1 unspecified atom stereocenters. The first-order valence-corrected chi connectivity index (χ1v) is 7.07. The Hall–Kier alpha value is -1.91. The maximum Gasteiger partial charge on any atom is 0.328 e. The van der Waals surface area contributed by atoms with Crippen molar-refractivity contribution in [1.29, 1.82) is 0 Å². The molecule has 5 heteroatoms. The number of carbonyl (C=O) groups is 2. The molecule has 1 atom stereocenters. The molecule has 1 aromatic rings. The highest BCUT2D eigenvalue weighted by Crippen LogP contribution is 2.22. The smallest absolute Gasteiger partial charge is 0.328 e. The summed E-state index contributed by atoms with van der Waals surface area (Å²) >= 11 is 0. The molecule has 0 aromatic heterocycles. The van der Waals surface area contributed by atoms with Gasteiger partial charge in [-0.05, 0) is 55.5 Å². The van der Waals surface area contributed by atoms with E-state index in [9.17, 15) is 14.0 Å². The molecule has 1 aromatic carbocycles. The average molecular weight is 293 g/mol. The molecule has 1 amide bonds. The fourth-order valence-electron chi connectivity index (χ4n) is 2.92. The number of methoxy groups -OCH3 is 1. The zero-order valence-electron chi connectivity index (χ0n) is 12.6. The third kappa shape index (κ3) is 3.23. The van der Waals surface area contributed by atoms with Crippen LogP contribution in [0.1, 0.15) is 29.5 Å². The molecule has 0 spiro atoms.